The molecule has 9 heteroatoms. The first-order valence-electron chi connectivity index (χ1n) is 10.7. The summed E-state index contributed by atoms with van der Waals surface area (Å²) in [6, 6.07) is 7.70. The Balaban J connectivity index is 1.39. The number of hydrogen-bond acceptors (Lipinski definition) is 7. The van der Waals surface area contributed by atoms with Crippen LogP contribution in [-0.4, -0.2) is 52.9 Å². The summed E-state index contributed by atoms with van der Waals surface area (Å²) in [7, 11) is 3.32. The SMILES string of the molecule is COc1cc(CN2CCc3nnc(CNC(=O)c4cc(C)oc4C)n3CC2)cc(OC)c1. The number of nitrogens with one attached hydrogen (secondary N) is 1. The van der Waals surface area contributed by atoms with E-state index in [2.05, 4.69) is 25.0 Å². The largest absolute Gasteiger partial charge is 0.497 e. The Morgan fingerprint density at radius 2 is 1.81 bits per heavy atom. The van der Waals surface area contributed by atoms with Crippen LogP contribution < -0.4 is 14.8 Å². The highest BCUT2D eigenvalue weighted by atomic mass is 16.5. The zero-order valence-electron chi connectivity index (χ0n) is 19.0. The van der Waals surface area contributed by atoms with Crippen molar-refractivity contribution < 1.29 is 18.7 Å². The van der Waals surface area contributed by atoms with E-state index in [1.165, 1.54) is 0 Å². The Morgan fingerprint density at radius 3 is 2.47 bits per heavy atom. The van der Waals surface area contributed by atoms with Gasteiger partial charge in [-0.25, -0.2) is 0 Å². The normalized spacial score (nSPS) is 14.0. The van der Waals surface area contributed by atoms with E-state index < -0.39 is 0 Å². The number of ether oxygens (including phenoxy) is 2. The minimum atomic E-state index is -0.168. The number of carbonyl (C=O) groups is 1. The molecule has 9 nitrogen and oxygen atoms in total. The van der Waals surface area contributed by atoms with E-state index in [4.69, 9.17) is 13.9 Å². The lowest BCUT2D eigenvalue weighted by Gasteiger charge is -2.20. The second kappa shape index (κ2) is 9.44. The molecule has 0 aliphatic carbocycles. The fourth-order valence-electron chi connectivity index (χ4n) is 4.04. The van der Waals surface area contributed by atoms with Crippen LogP contribution in [0.15, 0.2) is 28.7 Å². The monoisotopic (exact) mass is 439 g/mol. The van der Waals surface area contributed by atoms with Gasteiger partial charge < -0.3 is 23.8 Å². The topological polar surface area (TPSA) is 94.6 Å². The van der Waals surface area contributed by atoms with Crippen LogP contribution in [-0.2, 0) is 26.1 Å². The summed E-state index contributed by atoms with van der Waals surface area (Å²) in [5.74, 6) is 4.44. The molecule has 0 radical (unpaired) electrons. The Bertz CT molecular complexity index is 1080. The Kier molecular flexibility index (Phi) is 6.45. The van der Waals surface area contributed by atoms with Crippen molar-refractivity contribution in [1.29, 1.82) is 0 Å². The van der Waals surface area contributed by atoms with Crippen molar-refractivity contribution in [3.63, 3.8) is 0 Å². The van der Waals surface area contributed by atoms with E-state index in [-0.39, 0.29) is 5.91 Å². The van der Waals surface area contributed by atoms with Crippen molar-refractivity contribution >= 4 is 5.91 Å². The molecule has 4 rings (SSSR count). The van der Waals surface area contributed by atoms with Crippen LogP contribution in [0.25, 0.3) is 0 Å². The third-order valence-corrected chi connectivity index (χ3v) is 5.71. The van der Waals surface area contributed by atoms with Gasteiger partial charge in [-0.05, 0) is 37.6 Å². The standard InChI is InChI=1S/C23H29N5O4/c1-15-9-20(16(2)32-15)23(29)24-13-22-26-25-21-5-6-27(7-8-28(21)22)14-17-10-18(30-3)12-19(11-17)31-4/h9-12H,5-8,13-14H2,1-4H3,(H,24,29). The lowest BCUT2D eigenvalue weighted by molar-refractivity contribution is 0.0948. The summed E-state index contributed by atoms with van der Waals surface area (Å²) in [6.07, 6.45) is 0.794. The van der Waals surface area contributed by atoms with Crippen molar-refractivity contribution in [2.24, 2.45) is 0 Å². The molecule has 0 spiro atoms. The van der Waals surface area contributed by atoms with E-state index in [9.17, 15) is 4.79 Å². The molecular formula is C23H29N5O4. The molecule has 1 aliphatic rings. The van der Waals surface area contributed by atoms with Crippen LogP contribution in [0.1, 0.15) is 39.1 Å². The van der Waals surface area contributed by atoms with Gasteiger partial charge in [-0.15, -0.1) is 10.2 Å². The molecule has 0 fully saturated rings. The summed E-state index contributed by atoms with van der Waals surface area (Å²) in [6.45, 7) is 7.22. The van der Waals surface area contributed by atoms with Crippen molar-refractivity contribution in [1.82, 2.24) is 25.0 Å². The first kappa shape index (κ1) is 21.9. The summed E-state index contributed by atoms with van der Waals surface area (Å²) < 4.78 is 18.3. The van der Waals surface area contributed by atoms with Gasteiger partial charge in [0.05, 0.1) is 26.3 Å². The Morgan fingerprint density at radius 1 is 1.06 bits per heavy atom. The highest BCUT2D eigenvalue weighted by Crippen LogP contribution is 2.24. The summed E-state index contributed by atoms with van der Waals surface area (Å²) in [5, 5.41) is 11.6. The quantitative estimate of drug-likeness (QED) is 0.604. The number of aromatic nitrogens is 3. The highest BCUT2D eigenvalue weighted by molar-refractivity contribution is 5.95. The lowest BCUT2D eigenvalue weighted by Crippen LogP contribution is -2.28. The second-order valence-corrected chi connectivity index (χ2v) is 7.94. The van der Waals surface area contributed by atoms with Gasteiger partial charge in [-0.1, -0.05) is 0 Å². The number of hydrogen-bond donors (Lipinski definition) is 1. The van der Waals surface area contributed by atoms with Gasteiger partial charge in [0.25, 0.3) is 5.91 Å². The van der Waals surface area contributed by atoms with Gasteiger partial charge in [0.15, 0.2) is 5.82 Å². The third kappa shape index (κ3) is 4.77. The molecule has 0 unspecified atom stereocenters. The minimum absolute atomic E-state index is 0.168. The number of rotatable bonds is 7. The Hall–Kier alpha value is -3.33. The number of nitrogens with zero attached hydrogens (tertiary/aromatic N) is 4. The van der Waals surface area contributed by atoms with Crippen LogP contribution in [0, 0.1) is 13.8 Å². The zero-order chi connectivity index (χ0) is 22.7. The van der Waals surface area contributed by atoms with Crippen LogP contribution in [0.4, 0.5) is 0 Å². The van der Waals surface area contributed by atoms with Crippen molar-refractivity contribution in [3.8, 4) is 11.5 Å². The van der Waals surface area contributed by atoms with E-state index in [0.717, 1.165) is 67.1 Å². The molecule has 1 amide bonds. The number of carbonyl (C=O) groups excluding carboxylic acids is 1. The molecule has 1 aliphatic heterocycles. The van der Waals surface area contributed by atoms with E-state index >= 15 is 0 Å². The summed E-state index contributed by atoms with van der Waals surface area (Å²) in [4.78, 5) is 14.9. The molecule has 0 atom stereocenters. The molecule has 32 heavy (non-hydrogen) atoms. The Labute approximate surface area is 187 Å². The maximum absolute atomic E-state index is 12.5. The molecule has 0 saturated heterocycles. The van der Waals surface area contributed by atoms with E-state index in [1.807, 2.05) is 25.1 Å². The molecule has 1 aromatic carbocycles. The first-order valence-corrected chi connectivity index (χ1v) is 10.7. The second-order valence-electron chi connectivity index (χ2n) is 7.94. The fraction of sp³-hybridized carbons (Fsp3) is 0.435. The summed E-state index contributed by atoms with van der Waals surface area (Å²) >= 11 is 0. The minimum Gasteiger partial charge on any atom is -0.497 e. The lowest BCUT2D eigenvalue weighted by atomic mass is 10.2. The predicted octanol–water partition coefficient (Wildman–Crippen LogP) is 2.49. The van der Waals surface area contributed by atoms with Crippen LogP contribution >= 0.6 is 0 Å². The number of methoxy groups -OCH3 is 2. The number of amides is 1. The third-order valence-electron chi connectivity index (χ3n) is 5.71. The smallest absolute Gasteiger partial charge is 0.255 e. The zero-order valence-corrected chi connectivity index (χ0v) is 19.0. The number of benzene rings is 1. The molecule has 3 heterocycles. The van der Waals surface area contributed by atoms with E-state index in [1.54, 1.807) is 27.2 Å². The van der Waals surface area contributed by atoms with Crippen molar-refractivity contribution in [2.75, 3.05) is 27.3 Å². The maximum atomic E-state index is 12.5. The number of fused-ring (bicyclic) bond motifs is 1. The fourth-order valence-corrected chi connectivity index (χ4v) is 4.04. The van der Waals surface area contributed by atoms with Gasteiger partial charge in [0.1, 0.15) is 28.8 Å². The summed E-state index contributed by atoms with van der Waals surface area (Å²) in [5.41, 5.74) is 1.69. The molecule has 0 bridgehead atoms. The average Bonchev–Trinajstić information content (AvgIpc) is 3.28. The van der Waals surface area contributed by atoms with Crippen molar-refractivity contribution in [2.45, 2.75) is 39.9 Å². The molecular weight excluding hydrogens is 410 g/mol. The number of furan rings is 1. The van der Waals surface area contributed by atoms with Gasteiger partial charge >= 0.3 is 0 Å². The first-order chi connectivity index (χ1) is 15.5. The predicted molar refractivity (Wildman–Crippen MR) is 118 cm³/mol. The van der Waals surface area contributed by atoms with E-state index in [0.29, 0.717) is 17.9 Å². The molecule has 170 valence electrons. The molecule has 2 aromatic heterocycles. The van der Waals surface area contributed by atoms with Crippen LogP contribution in [0.5, 0.6) is 11.5 Å². The number of aryl methyl sites for hydroxylation is 2. The van der Waals surface area contributed by atoms with Gasteiger partial charge in [0.2, 0.25) is 0 Å². The molecule has 1 N–H and O–H groups in total. The van der Waals surface area contributed by atoms with Gasteiger partial charge in [-0.3, -0.25) is 9.69 Å². The highest BCUT2D eigenvalue weighted by Gasteiger charge is 2.20. The van der Waals surface area contributed by atoms with Crippen LogP contribution in [0.3, 0.4) is 0 Å². The molecule has 0 saturated carbocycles. The molecule has 3 aromatic rings. The average molecular weight is 440 g/mol. The van der Waals surface area contributed by atoms with Crippen molar-refractivity contribution in [3.05, 3.63) is 58.6 Å². The maximum Gasteiger partial charge on any atom is 0.255 e. The van der Waals surface area contributed by atoms with Gasteiger partial charge in [-0.2, -0.15) is 0 Å². The van der Waals surface area contributed by atoms with Crippen LogP contribution in [0.2, 0.25) is 0 Å². The van der Waals surface area contributed by atoms with Gasteiger partial charge in [0, 0.05) is 38.7 Å².